The molecular weight excluding hydrogens is 700 g/mol. The van der Waals surface area contributed by atoms with E-state index in [2.05, 4.69) is 62.5 Å². The predicted molar refractivity (Wildman–Crippen MR) is 219 cm³/mol. The predicted octanol–water partition coefficient (Wildman–Crippen LogP) is 8.88. The molecule has 1 heterocycles. The first kappa shape index (κ1) is 50.7. The number of carbonyl (C=O) groups excluding carboxylic acids is 2. The van der Waals surface area contributed by atoms with Crippen LogP contribution in [0.2, 0.25) is 0 Å². The summed E-state index contributed by atoms with van der Waals surface area (Å²) in [5, 5.41) is 40.0. The zero-order valence-corrected chi connectivity index (χ0v) is 34.4. The van der Waals surface area contributed by atoms with Crippen LogP contribution in [0.1, 0.15) is 168 Å². The Balaban J connectivity index is 2.39. The summed E-state index contributed by atoms with van der Waals surface area (Å²) in [6, 6.07) is 0. The van der Waals surface area contributed by atoms with Gasteiger partial charge in [0.05, 0.1) is 13.2 Å². The van der Waals surface area contributed by atoms with Crippen LogP contribution in [-0.4, -0.2) is 89.0 Å². The van der Waals surface area contributed by atoms with Gasteiger partial charge in [0, 0.05) is 12.8 Å². The third-order valence-corrected chi connectivity index (χ3v) is 9.71. The third-order valence-electron chi connectivity index (χ3n) is 9.71. The second-order valence-corrected chi connectivity index (χ2v) is 14.8. The molecule has 6 atom stereocenters. The SMILES string of the molecule is CCCCCC/C=C/C=C/CCCCCCCC(=O)O[C@@H](COC(=O)CCCC/C=C/C/C=C/CCCCCCCC)CO[C@H]1O[C@@H](CO)[C@@H](O)C(O)C1O. The number of aliphatic hydroxyl groups excluding tert-OH is 4. The molecule has 1 saturated heterocycles. The van der Waals surface area contributed by atoms with Crippen molar-refractivity contribution >= 4 is 11.9 Å². The van der Waals surface area contributed by atoms with Crippen molar-refractivity contribution in [3.8, 4) is 0 Å². The molecule has 55 heavy (non-hydrogen) atoms. The van der Waals surface area contributed by atoms with E-state index in [1.807, 2.05) is 0 Å². The summed E-state index contributed by atoms with van der Waals surface area (Å²) in [6.45, 7) is 3.33. The Morgan fingerprint density at radius 2 is 1.07 bits per heavy atom. The van der Waals surface area contributed by atoms with Gasteiger partial charge in [-0.2, -0.15) is 0 Å². The maximum Gasteiger partial charge on any atom is 0.306 e. The molecule has 1 rings (SSSR count). The lowest BCUT2D eigenvalue weighted by Gasteiger charge is -2.39. The molecule has 318 valence electrons. The second-order valence-electron chi connectivity index (χ2n) is 14.8. The van der Waals surface area contributed by atoms with E-state index in [0.717, 1.165) is 64.2 Å². The van der Waals surface area contributed by atoms with Gasteiger partial charge >= 0.3 is 11.9 Å². The van der Waals surface area contributed by atoms with E-state index in [1.165, 1.54) is 64.2 Å². The van der Waals surface area contributed by atoms with Crippen molar-refractivity contribution < 1.29 is 49.0 Å². The molecule has 0 spiro atoms. The molecule has 0 saturated carbocycles. The molecule has 10 nitrogen and oxygen atoms in total. The lowest BCUT2D eigenvalue weighted by Crippen LogP contribution is -2.59. The lowest BCUT2D eigenvalue weighted by molar-refractivity contribution is -0.305. The van der Waals surface area contributed by atoms with Gasteiger partial charge in [0.1, 0.15) is 31.0 Å². The van der Waals surface area contributed by atoms with Gasteiger partial charge in [0.2, 0.25) is 0 Å². The van der Waals surface area contributed by atoms with E-state index in [1.54, 1.807) is 0 Å². The number of allylic oxidation sites excluding steroid dienone is 8. The van der Waals surface area contributed by atoms with Gasteiger partial charge in [0.15, 0.2) is 12.4 Å². The average molecular weight is 779 g/mol. The van der Waals surface area contributed by atoms with Crippen LogP contribution in [0.5, 0.6) is 0 Å². The number of hydrogen-bond acceptors (Lipinski definition) is 10. The van der Waals surface area contributed by atoms with Crippen molar-refractivity contribution in [1.82, 2.24) is 0 Å². The van der Waals surface area contributed by atoms with Gasteiger partial charge in [-0.15, -0.1) is 0 Å². The van der Waals surface area contributed by atoms with Crippen LogP contribution in [0, 0.1) is 0 Å². The summed E-state index contributed by atoms with van der Waals surface area (Å²) in [4.78, 5) is 25.3. The summed E-state index contributed by atoms with van der Waals surface area (Å²) in [5.41, 5.74) is 0. The van der Waals surface area contributed by atoms with Crippen LogP contribution in [0.4, 0.5) is 0 Å². The Morgan fingerprint density at radius 1 is 0.582 bits per heavy atom. The molecule has 1 aliphatic rings. The van der Waals surface area contributed by atoms with Crippen LogP contribution in [0.3, 0.4) is 0 Å². The second kappa shape index (κ2) is 36.0. The summed E-state index contributed by atoms with van der Waals surface area (Å²) in [5.74, 6) is -0.865. The highest BCUT2D eigenvalue weighted by Gasteiger charge is 2.44. The van der Waals surface area contributed by atoms with E-state index in [-0.39, 0.29) is 26.1 Å². The number of carbonyl (C=O) groups is 2. The monoisotopic (exact) mass is 779 g/mol. The Bertz CT molecular complexity index is 1040. The van der Waals surface area contributed by atoms with E-state index < -0.39 is 55.4 Å². The highest BCUT2D eigenvalue weighted by atomic mass is 16.7. The number of unbranched alkanes of at least 4 members (excludes halogenated alkanes) is 17. The van der Waals surface area contributed by atoms with Crippen molar-refractivity contribution in [2.45, 2.75) is 205 Å². The fourth-order valence-electron chi connectivity index (χ4n) is 6.21. The molecule has 0 aliphatic carbocycles. The van der Waals surface area contributed by atoms with Gasteiger partial charge in [-0.25, -0.2) is 0 Å². The van der Waals surface area contributed by atoms with Gasteiger partial charge in [-0.05, 0) is 70.6 Å². The first-order valence-corrected chi connectivity index (χ1v) is 21.7. The minimum atomic E-state index is -1.60. The number of hydrogen-bond donors (Lipinski definition) is 4. The largest absolute Gasteiger partial charge is 0.462 e. The van der Waals surface area contributed by atoms with Gasteiger partial charge in [-0.1, -0.05) is 133 Å². The molecule has 0 amide bonds. The topological polar surface area (TPSA) is 152 Å². The molecule has 0 radical (unpaired) electrons. The first-order valence-electron chi connectivity index (χ1n) is 21.7. The van der Waals surface area contributed by atoms with Crippen molar-refractivity contribution in [3.63, 3.8) is 0 Å². The molecule has 1 aliphatic heterocycles. The van der Waals surface area contributed by atoms with Crippen molar-refractivity contribution in [3.05, 3.63) is 48.6 Å². The Labute approximate surface area is 333 Å². The first-order chi connectivity index (χ1) is 26.8. The molecule has 1 fully saturated rings. The highest BCUT2D eigenvalue weighted by Crippen LogP contribution is 2.22. The number of rotatable bonds is 35. The van der Waals surface area contributed by atoms with Gasteiger partial charge in [0.25, 0.3) is 0 Å². The van der Waals surface area contributed by atoms with Crippen LogP contribution < -0.4 is 0 Å². The van der Waals surface area contributed by atoms with Crippen molar-refractivity contribution in [2.24, 2.45) is 0 Å². The average Bonchev–Trinajstić information content (AvgIpc) is 3.18. The Kier molecular flexibility index (Phi) is 33.2. The standard InChI is InChI=1S/C45H78O10/c1-3-5-7-9-11-13-15-17-19-21-23-25-27-29-31-33-40(47)52-36-38(37-53-45-44(51)43(50)42(49)39(35-46)55-45)54-41(48)34-32-30-28-26-24-22-20-18-16-14-12-10-8-6-4-2/h14,16-20,23,25,38-39,42-46,49-51H,3-13,15,21-22,24,26-37H2,1-2H3/b16-14+,19-17+,20-18+,25-23+/t38-,39-,42+,43?,44?,45-/m0/s1. The zero-order valence-electron chi connectivity index (χ0n) is 34.4. The molecule has 10 heteroatoms. The zero-order chi connectivity index (χ0) is 40.2. The molecule has 4 N–H and O–H groups in total. The van der Waals surface area contributed by atoms with Gasteiger partial charge < -0.3 is 39.4 Å². The van der Waals surface area contributed by atoms with E-state index in [9.17, 15) is 30.0 Å². The molecule has 2 unspecified atom stereocenters. The minimum Gasteiger partial charge on any atom is -0.462 e. The number of ether oxygens (including phenoxy) is 4. The van der Waals surface area contributed by atoms with Crippen LogP contribution >= 0.6 is 0 Å². The summed E-state index contributed by atoms with van der Waals surface area (Å²) in [6.07, 6.45) is 34.0. The molecule has 0 aromatic heterocycles. The summed E-state index contributed by atoms with van der Waals surface area (Å²) >= 11 is 0. The van der Waals surface area contributed by atoms with E-state index >= 15 is 0 Å². The smallest absolute Gasteiger partial charge is 0.306 e. The Morgan fingerprint density at radius 3 is 1.67 bits per heavy atom. The van der Waals surface area contributed by atoms with Crippen LogP contribution in [-0.2, 0) is 28.5 Å². The molecule has 0 bridgehead atoms. The summed E-state index contributed by atoms with van der Waals surface area (Å²) < 4.78 is 22.1. The fraction of sp³-hybridized carbons (Fsp3) is 0.778. The summed E-state index contributed by atoms with van der Waals surface area (Å²) in [7, 11) is 0. The Hall–Kier alpha value is -2.34. The van der Waals surface area contributed by atoms with E-state index in [0.29, 0.717) is 12.8 Å². The minimum absolute atomic E-state index is 0.204. The maximum atomic E-state index is 12.7. The maximum absolute atomic E-state index is 12.7. The van der Waals surface area contributed by atoms with E-state index in [4.69, 9.17) is 18.9 Å². The lowest BCUT2D eigenvalue weighted by atomic mass is 9.99. The van der Waals surface area contributed by atoms with Crippen LogP contribution in [0.15, 0.2) is 48.6 Å². The molecular formula is C45H78O10. The molecule has 0 aromatic carbocycles. The quantitative estimate of drug-likeness (QED) is 0.0213. The third kappa shape index (κ3) is 27.8. The normalized spacial score (nSPS) is 21.0. The highest BCUT2D eigenvalue weighted by molar-refractivity contribution is 5.70. The van der Waals surface area contributed by atoms with Crippen molar-refractivity contribution in [2.75, 3.05) is 19.8 Å². The number of aliphatic hydroxyl groups is 4. The van der Waals surface area contributed by atoms with Crippen molar-refractivity contribution in [1.29, 1.82) is 0 Å². The van der Waals surface area contributed by atoms with Gasteiger partial charge in [-0.3, -0.25) is 9.59 Å². The fourth-order valence-corrected chi connectivity index (χ4v) is 6.21. The number of esters is 2. The molecule has 0 aromatic rings. The van der Waals surface area contributed by atoms with Crippen LogP contribution in [0.25, 0.3) is 0 Å².